The molecule has 0 spiro atoms. The summed E-state index contributed by atoms with van der Waals surface area (Å²) >= 11 is 0. The molecule has 0 bridgehead atoms. The molecule has 4 rings (SSSR count). The van der Waals surface area contributed by atoms with Gasteiger partial charge in [0.1, 0.15) is 18.0 Å². The van der Waals surface area contributed by atoms with Crippen LogP contribution in [0, 0.1) is 0 Å². The lowest BCUT2D eigenvalue weighted by Crippen LogP contribution is -2.48. The highest BCUT2D eigenvalue weighted by atomic mass is 16.2. The fourth-order valence-electron chi connectivity index (χ4n) is 3.81. The molecule has 2 aliphatic heterocycles. The summed E-state index contributed by atoms with van der Waals surface area (Å²) in [6.07, 6.45) is 1.59. The van der Waals surface area contributed by atoms with E-state index in [0.717, 1.165) is 69.7 Å². The van der Waals surface area contributed by atoms with Crippen molar-refractivity contribution in [2.24, 2.45) is 0 Å². The van der Waals surface area contributed by atoms with Crippen molar-refractivity contribution in [3.8, 4) is 0 Å². The average molecular weight is 396 g/mol. The number of amides is 1. The van der Waals surface area contributed by atoms with Crippen LogP contribution in [0.4, 0.5) is 23.0 Å². The van der Waals surface area contributed by atoms with Crippen molar-refractivity contribution < 1.29 is 4.79 Å². The lowest BCUT2D eigenvalue weighted by Gasteiger charge is -2.34. The fraction of sp³-hybridized carbons (Fsp3) is 0.476. The number of aromatic nitrogens is 2. The van der Waals surface area contributed by atoms with Gasteiger partial charge < -0.3 is 24.9 Å². The molecule has 8 heteroatoms. The number of carbonyl (C=O) groups excluding carboxylic acids is 1. The Kier molecular flexibility index (Phi) is 5.80. The lowest BCUT2D eigenvalue weighted by atomic mass is 10.2. The minimum absolute atomic E-state index is 0.134. The number of anilines is 4. The van der Waals surface area contributed by atoms with E-state index in [-0.39, 0.29) is 5.91 Å². The molecular weight excluding hydrogens is 366 g/mol. The van der Waals surface area contributed by atoms with E-state index in [1.54, 1.807) is 13.3 Å². The van der Waals surface area contributed by atoms with Crippen molar-refractivity contribution in [3.63, 3.8) is 0 Å². The third kappa shape index (κ3) is 4.76. The topological polar surface area (TPSA) is 67.8 Å². The van der Waals surface area contributed by atoms with Crippen LogP contribution in [0.15, 0.2) is 36.7 Å². The minimum Gasteiger partial charge on any atom is -0.369 e. The number of hydrogen-bond donors (Lipinski definition) is 1. The maximum Gasteiger partial charge on any atom is 0.219 e. The quantitative estimate of drug-likeness (QED) is 0.844. The summed E-state index contributed by atoms with van der Waals surface area (Å²) in [5.41, 5.74) is 2.27. The monoisotopic (exact) mass is 395 g/mol. The molecule has 2 saturated heterocycles. The SMILES string of the molecule is CC(=O)N1CCN(c2cc(Nc3ccc(N4CCN(C)CC4)cc3)ncn2)CC1. The van der Waals surface area contributed by atoms with E-state index < -0.39 is 0 Å². The molecule has 1 aromatic heterocycles. The number of nitrogens with one attached hydrogen (secondary N) is 1. The zero-order chi connectivity index (χ0) is 20.2. The number of nitrogens with zero attached hydrogens (tertiary/aromatic N) is 6. The number of piperazine rings is 2. The van der Waals surface area contributed by atoms with Gasteiger partial charge in [-0.25, -0.2) is 9.97 Å². The van der Waals surface area contributed by atoms with Crippen LogP contribution in [0.1, 0.15) is 6.92 Å². The van der Waals surface area contributed by atoms with Gasteiger partial charge in [0.05, 0.1) is 0 Å². The van der Waals surface area contributed by atoms with Gasteiger partial charge in [-0.15, -0.1) is 0 Å². The number of carbonyl (C=O) groups is 1. The van der Waals surface area contributed by atoms with Crippen LogP contribution in [0.3, 0.4) is 0 Å². The Balaban J connectivity index is 1.37. The molecule has 1 N–H and O–H groups in total. The van der Waals surface area contributed by atoms with Gasteiger partial charge in [-0.1, -0.05) is 0 Å². The van der Waals surface area contributed by atoms with Crippen molar-refractivity contribution in [3.05, 3.63) is 36.7 Å². The summed E-state index contributed by atoms with van der Waals surface area (Å²) < 4.78 is 0. The van der Waals surface area contributed by atoms with E-state index in [1.165, 1.54) is 5.69 Å². The van der Waals surface area contributed by atoms with Crippen LogP contribution in [0.25, 0.3) is 0 Å². The maximum absolute atomic E-state index is 11.5. The molecule has 1 aromatic carbocycles. The minimum atomic E-state index is 0.134. The third-order valence-corrected chi connectivity index (χ3v) is 5.71. The van der Waals surface area contributed by atoms with Gasteiger partial charge in [0.2, 0.25) is 5.91 Å². The molecule has 154 valence electrons. The first-order chi connectivity index (χ1) is 14.1. The number of rotatable bonds is 4. The molecule has 0 radical (unpaired) electrons. The van der Waals surface area contributed by atoms with Gasteiger partial charge >= 0.3 is 0 Å². The molecule has 0 atom stereocenters. The second kappa shape index (κ2) is 8.65. The Labute approximate surface area is 172 Å². The van der Waals surface area contributed by atoms with Crippen LogP contribution < -0.4 is 15.1 Å². The summed E-state index contributed by atoms with van der Waals surface area (Å²) in [7, 11) is 2.17. The first-order valence-corrected chi connectivity index (χ1v) is 10.2. The highest BCUT2D eigenvalue weighted by molar-refractivity contribution is 5.73. The lowest BCUT2D eigenvalue weighted by molar-refractivity contribution is -0.129. The predicted octanol–water partition coefficient (Wildman–Crippen LogP) is 1.64. The first kappa shape index (κ1) is 19.4. The summed E-state index contributed by atoms with van der Waals surface area (Å²) in [5.74, 6) is 1.80. The summed E-state index contributed by atoms with van der Waals surface area (Å²) in [6, 6.07) is 10.5. The van der Waals surface area contributed by atoms with E-state index in [0.29, 0.717) is 0 Å². The van der Waals surface area contributed by atoms with Gasteiger partial charge in [0.25, 0.3) is 0 Å². The van der Waals surface area contributed by atoms with Crippen molar-refractivity contribution in [2.75, 3.05) is 74.5 Å². The molecule has 2 fully saturated rings. The van der Waals surface area contributed by atoms with Crippen LogP contribution in [-0.2, 0) is 4.79 Å². The Morgan fingerprint density at radius 2 is 1.55 bits per heavy atom. The average Bonchev–Trinajstić information content (AvgIpc) is 2.75. The largest absolute Gasteiger partial charge is 0.369 e. The van der Waals surface area contributed by atoms with Gasteiger partial charge in [0, 0.05) is 76.7 Å². The zero-order valence-electron chi connectivity index (χ0n) is 17.2. The standard InChI is InChI=1S/C21H29N7O/c1-17(29)26-11-13-28(14-12-26)21-15-20(22-16-23-21)24-18-3-5-19(6-4-18)27-9-7-25(2)8-10-27/h3-6,15-16H,7-14H2,1-2H3,(H,22,23,24). The first-order valence-electron chi connectivity index (χ1n) is 10.2. The Hall–Kier alpha value is -2.87. The van der Waals surface area contributed by atoms with Gasteiger partial charge in [0.15, 0.2) is 0 Å². The summed E-state index contributed by atoms with van der Waals surface area (Å²) in [4.78, 5) is 29.1. The van der Waals surface area contributed by atoms with E-state index in [1.807, 2.05) is 11.0 Å². The predicted molar refractivity (Wildman–Crippen MR) is 116 cm³/mol. The molecule has 0 unspecified atom stereocenters. The Bertz CT molecular complexity index is 825. The molecule has 29 heavy (non-hydrogen) atoms. The van der Waals surface area contributed by atoms with Crippen LogP contribution in [0.5, 0.6) is 0 Å². The van der Waals surface area contributed by atoms with Gasteiger partial charge in [-0.2, -0.15) is 0 Å². The molecule has 2 aliphatic rings. The normalized spacial score (nSPS) is 18.1. The van der Waals surface area contributed by atoms with Gasteiger partial charge in [-0.05, 0) is 31.3 Å². The smallest absolute Gasteiger partial charge is 0.219 e. The second-order valence-electron chi connectivity index (χ2n) is 7.72. The van der Waals surface area contributed by atoms with Gasteiger partial charge in [-0.3, -0.25) is 4.79 Å². The third-order valence-electron chi connectivity index (χ3n) is 5.71. The van der Waals surface area contributed by atoms with Crippen molar-refractivity contribution in [1.82, 2.24) is 19.8 Å². The van der Waals surface area contributed by atoms with Crippen molar-refractivity contribution >= 4 is 28.9 Å². The number of likely N-dealkylation sites (N-methyl/N-ethyl adjacent to an activating group) is 1. The molecule has 2 aromatic rings. The Morgan fingerprint density at radius 1 is 0.897 bits per heavy atom. The number of benzene rings is 1. The van der Waals surface area contributed by atoms with Crippen LogP contribution in [0.2, 0.25) is 0 Å². The summed E-state index contributed by atoms with van der Waals surface area (Å²) in [5, 5.41) is 3.38. The van der Waals surface area contributed by atoms with E-state index >= 15 is 0 Å². The Morgan fingerprint density at radius 3 is 2.21 bits per heavy atom. The highest BCUT2D eigenvalue weighted by Gasteiger charge is 2.20. The van der Waals surface area contributed by atoms with Crippen LogP contribution in [-0.4, -0.2) is 85.1 Å². The van der Waals surface area contributed by atoms with E-state index in [9.17, 15) is 4.79 Å². The van der Waals surface area contributed by atoms with Crippen molar-refractivity contribution in [2.45, 2.75) is 6.92 Å². The van der Waals surface area contributed by atoms with E-state index in [4.69, 9.17) is 0 Å². The number of hydrogen-bond acceptors (Lipinski definition) is 7. The maximum atomic E-state index is 11.5. The molecular formula is C21H29N7O. The molecule has 8 nitrogen and oxygen atoms in total. The molecule has 1 amide bonds. The molecule has 0 saturated carbocycles. The van der Waals surface area contributed by atoms with Crippen molar-refractivity contribution in [1.29, 1.82) is 0 Å². The van der Waals surface area contributed by atoms with Crippen LogP contribution >= 0.6 is 0 Å². The molecule has 3 heterocycles. The zero-order valence-corrected chi connectivity index (χ0v) is 17.2. The summed E-state index contributed by atoms with van der Waals surface area (Å²) in [6.45, 7) is 8.99. The molecule has 0 aliphatic carbocycles. The highest BCUT2D eigenvalue weighted by Crippen LogP contribution is 2.23. The second-order valence-corrected chi connectivity index (χ2v) is 7.72. The fourth-order valence-corrected chi connectivity index (χ4v) is 3.81. The van der Waals surface area contributed by atoms with E-state index in [2.05, 4.69) is 61.3 Å².